The number of carbonyl (C=O) groups is 1. The van der Waals surface area contributed by atoms with E-state index in [1.54, 1.807) is 18.5 Å². The van der Waals surface area contributed by atoms with E-state index in [0.29, 0.717) is 23.5 Å². The van der Waals surface area contributed by atoms with Gasteiger partial charge in [-0.05, 0) is 38.5 Å². The average Bonchev–Trinajstić information content (AvgIpc) is 3.08. The van der Waals surface area contributed by atoms with E-state index >= 15 is 0 Å². The molecule has 1 aliphatic rings. The Hall–Kier alpha value is -2.42. The number of hydrogen-bond acceptors (Lipinski definition) is 5. The van der Waals surface area contributed by atoms with E-state index in [1.807, 2.05) is 0 Å². The minimum absolute atomic E-state index is 0.0417. The van der Waals surface area contributed by atoms with Gasteiger partial charge in [0.25, 0.3) is 5.91 Å². The highest BCUT2D eigenvalue weighted by atomic mass is 32.2. The average molecular weight is 381 g/mol. The zero-order valence-corrected chi connectivity index (χ0v) is 15.6. The summed E-state index contributed by atoms with van der Waals surface area (Å²) in [5, 5.41) is 7.14. The number of benzene rings is 1. The summed E-state index contributed by atoms with van der Waals surface area (Å²) in [6.07, 6.45) is 0.495. The molecule has 7 nitrogen and oxygen atoms in total. The molecule has 1 saturated heterocycles. The van der Waals surface area contributed by atoms with Crippen LogP contribution in [0.5, 0.6) is 5.75 Å². The Balaban J connectivity index is 1.89. The van der Waals surface area contributed by atoms with Gasteiger partial charge in [-0.2, -0.15) is 5.10 Å². The van der Waals surface area contributed by atoms with E-state index in [1.165, 1.54) is 19.2 Å². The molecular weight excluding hydrogens is 361 g/mol. The number of nitrogens with one attached hydrogen (secondary N) is 1. The van der Waals surface area contributed by atoms with E-state index in [9.17, 15) is 17.6 Å². The Labute approximate surface area is 151 Å². The molecule has 2 aromatic rings. The number of ether oxygens (including phenoxy) is 1. The number of aryl methyl sites for hydroxylation is 1. The third kappa shape index (κ3) is 3.44. The van der Waals surface area contributed by atoms with Crippen LogP contribution in [0.2, 0.25) is 0 Å². The number of methoxy groups -OCH3 is 1. The minimum Gasteiger partial charge on any atom is -0.496 e. The Morgan fingerprint density at radius 1 is 1.38 bits per heavy atom. The number of nitrogens with zero attached hydrogens (tertiary/aromatic N) is 2. The quantitative estimate of drug-likeness (QED) is 0.877. The molecule has 0 aliphatic carbocycles. The largest absolute Gasteiger partial charge is 0.496 e. The molecule has 3 rings (SSSR count). The lowest BCUT2D eigenvalue weighted by Crippen LogP contribution is -2.16. The van der Waals surface area contributed by atoms with Crippen LogP contribution in [0, 0.1) is 19.7 Å². The zero-order chi connectivity index (χ0) is 19.1. The number of sulfone groups is 1. The first-order chi connectivity index (χ1) is 12.2. The van der Waals surface area contributed by atoms with Crippen molar-refractivity contribution in [3.05, 3.63) is 41.0 Å². The molecule has 0 bridgehead atoms. The van der Waals surface area contributed by atoms with Gasteiger partial charge < -0.3 is 10.1 Å². The number of hydrogen-bond donors (Lipinski definition) is 1. The maximum Gasteiger partial charge on any atom is 0.259 e. The second-order valence-electron chi connectivity index (χ2n) is 6.35. The van der Waals surface area contributed by atoms with Crippen molar-refractivity contribution in [2.45, 2.75) is 26.3 Å². The maximum atomic E-state index is 13.5. The van der Waals surface area contributed by atoms with Gasteiger partial charge >= 0.3 is 0 Å². The fraction of sp³-hybridized carbons (Fsp3) is 0.412. The Bertz CT molecular complexity index is 969. The summed E-state index contributed by atoms with van der Waals surface area (Å²) in [5.74, 6) is -0.631. The Morgan fingerprint density at radius 3 is 2.73 bits per heavy atom. The van der Waals surface area contributed by atoms with Crippen LogP contribution >= 0.6 is 0 Å². The topological polar surface area (TPSA) is 90.3 Å². The molecule has 1 fully saturated rings. The highest BCUT2D eigenvalue weighted by Gasteiger charge is 2.31. The smallest absolute Gasteiger partial charge is 0.259 e. The molecule has 1 aromatic carbocycles. The van der Waals surface area contributed by atoms with Crippen molar-refractivity contribution >= 4 is 21.4 Å². The summed E-state index contributed by atoms with van der Waals surface area (Å²) in [5.41, 5.74) is 1.79. The van der Waals surface area contributed by atoms with E-state index in [4.69, 9.17) is 4.74 Å². The fourth-order valence-electron chi connectivity index (χ4n) is 3.21. The molecule has 0 saturated carbocycles. The molecule has 2 heterocycles. The highest BCUT2D eigenvalue weighted by Crippen LogP contribution is 2.30. The summed E-state index contributed by atoms with van der Waals surface area (Å²) in [6, 6.07) is 3.46. The Morgan fingerprint density at radius 2 is 2.12 bits per heavy atom. The first kappa shape index (κ1) is 18.4. The molecule has 0 radical (unpaired) electrons. The van der Waals surface area contributed by atoms with Crippen LogP contribution in [0.15, 0.2) is 18.2 Å². The lowest BCUT2D eigenvalue weighted by molar-refractivity contribution is 0.102. The monoisotopic (exact) mass is 381 g/mol. The van der Waals surface area contributed by atoms with Crippen molar-refractivity contribution in [3.63, 3.8) is 0 Å². The number of anilines is 1. The van der Waals surface area contributed by atoms with Crippen LogP contribution in [0.25, 0.3) is 0 Å². The van der Waals surface area contributed by atoms with E-state index in [2.05, 4.69) is 10.4 Å². The van der Waals surface area contributed by atoms with Crippen molar-refractivity contribution in [1.82, 2.24) is 9.78 Å². The van der Waals surface area contributed by atoms with Crippen LogP contribution in [-0.4, -0.2) is 42.7 Å². The van der Waals surface area contributed by atoms with Crippen LogP contribution in [0.1, 0.15) is 34.2 Å². The van der Waals surface area contributed by atoms with Gasteiger partial charge in [-0.3, -0.25) is 9.48 Å². The molecule has 140 valence electrons. The number of halogens is 1. The van der Waals surface area contributed by atoms with Crippen LogP contribution < -0.4 is 10.1 Å². The lowest BCUT2D eigenvalue weighted by atomic mass is 10.1. The molecule has 1 aliphatic heterocycles. The predicted octanol–water partition coefficient (Wildman–Crippen LogP) is 2.26. The van der Waals surface area contributed by atoms with Gasteiger partial charge in [-0.1, -0.05) is 0 Å². The van der Waals surface area contributed by atoms with E-state index < -0.39 is 21.6 Å². The lowest BCUT2D eigenvalue weighted by Gasteiger charge is -2.12. The summed E-state index contributed by atoms with van der Waals surface area (Å²) in [7, 11) is -1.65. The van der Waals surface area contributed by atoms with Gasteiger partial charge in [0.1, 0.15) is 11.6 Å². The van der Waals surface area contributed by atoms with Crippen molar-refractivity contribution < 1.29 is 22.3 Å². The van der Waals surface area contributed by atoms with Crippen LogP contribution in [0.4, 0.5) is 10.1 Å². The van der Waals surface area contributed by atoms with E-state index in [0.717, 1.165) is 6.07 Å². The van der Waals surface area contributed by atoms with Crippen molar-refractivity contribution in [2.24, 2.45) is 0 Å². The second kappa shape index (κ2) is 6.71. The predicted molar refractivity (Wildman–Crippen MR) is 94.9 cm³/mol. The first-order valence-corrected chi connectivity index (χ1v) is 9.95. The standard InChI is InChI=1S/C17H20FN3O4S/c1-10-16(11(2)21(20-10)13-6-7-26(23,24)9-13)19-17(22)14-8-12(18)4-5-15(14)25-3/h4-5,8,13H,6-7,9H2,1-3H3,(H,19,22). The number of rotatable bonds is 4. The van der Waals surface area contributed by atoms with Gasteiger partial charge in [0, 0.05) is 0 Å². The number of amides is 1. The normalized spacial score (nSPS) is 18.7. The van der Waals surface area contributed by atoms with E-state index in [-0.39, 0.29) is 28.9 Å². The van der Waals surface area contributed by atoms with Gasteiger partial charge in [0.05, 0.1) is 47.3 Å². The van der Waals surface area contributed by atoms with Gasteiger partial charge in [0.2, 0.25) is 0 Å². The molecule has 1 amide bonds. The molecule has 26 heavy (non-hydrogen) atoms. The number of carbonyl (C=O) groups excluding carboxylic acids is 1. The van der Waals surface area contributed by atoms with Crippen molar-refractivity contribution in [2.75, 3.05) is 23.9 Å². The third-order valence-corrected chi connectivity index (χ3v) is 6.27. The minimum atomic E-state index is -3.05. The molecule has 1 N–H and O–H groups in total. The summed E-state index contributed by atoms with van der Waals surface area (Å²) < 4.78 is 43.7. The molecule has 1 unspecified atom stereocenters. The molecule has 0 spiro atoms. The molecule has 9 heteroatoms. The van der Waals surface area contributed by atoms with Gasteiger partial charge in [0.15, 0.2) is 9.84 Å². The molecular formula is C17H20FN3O4S. The summed E-state index contributed by atoms with van der Waals surface area (Å²) in [6.45, 7) is 3.49. The zero-order valence-electron chi connectivity index (χ0n) is 14.7. The van der Waals surface area contributed by atoms with Gasteiger partial charge in [-0.15, -0.1) is 0 Å². The van der Waals surface area contributed by atoms with Crippen LogP contribution in [0.3, 0.4) is 0 Å². The van der Waals surface area contributed by atoms with Gasteiger partial charge in [-0.25, -0.2) is 12.8 Å². The van der Waals surface area contributed by atoms with Crippen molar-refractivity contribution in [3.8, 4) is 5.75 Å². The summed E-state index contributed by atoms with van der Waals surface area (Å²) in [4.78, 5) is 12.6. The Kier molecular flexibility index (Phi) is 4.74. The maximum absolute atomic E-state index is 13.5. The summed E-state index contributed by atoms with van der Waals surface area (Å²) >= 11 is 0. The highest BCUT2D eigenvalue weighted by molar-refractivity contribution is 7.91. The first-order valence-electron chi connectivity index (χ1n) is 8.13. The third-order valence-electron chi connectivity index (χ3n) is 4.52. The second-order valence-corrected chi connectivity index (χ2v) is 8.57. The van der Waals surface area contributed by atoms with Crippen LogP contribution in [-0.2, 0) is 9.84 Å². The fourth-order valence-corrected chi connectivity index (χ4v) is 4.90. The SMILES string of the molecule is COc1ccc(F)cc1C(=O)Nc1c(C)nn(C2CCS(=O)(=O)C2)c1C. The number of aromatic nitrogens is 2. The molecule has 1 aromatic heterocycles. The molecule has 1 atom stereocenters. The van der Waals surface area contributed by atoms with Crippen molar-refractivity contribution in [1.29, 1.82) is 0 Å².